The highest BCUT2D eigenvalue weighted by atomic mass is 127. The van der Waals surface area contributed by atoms with Gasteiger partial charge in [0, 0.05) is 9.99 Å². The molecule has 0 aliphatic heterocycles. The third kappa shape index (κ3) is 4.16. The first-order valence-electron chi connectivity index (χ1n) is 6.06. The maximum atomic E-state index is 13.2. The summed E-state index contributed by atoms with van der Waals surface area (Å²) in [6.45, 7) is 0. The Labute approximate surface area is 132 Å². The van der Waals surface area contributed by atoms with E-state index in [-0.39, 0.29) is 12.0 Å². The van der Waals surface area contributed by atoms with Gasteiger partial charge in [-0.3, -0.25) is 0 Å². The summed E-state index contributed by atoms with van der Waals surface area (Å²) in [6, 6.07) is 9.82. The summed E-state index contributed by atoms with van der Waals surface area (Å²) in [7, 11) is 0. The van der Waals surface area contributed by atoms with Crippen molar-refractivity contribution in [3.05, 3.63) is 68.5 Å². The molecule has 0 fully saturated rings. The first-order valence-corrected chi connectivity index (χ1v) is 7.14. The summed E-state index contributed by atoms with van der Waals surface area (Å²) in [6.07, 6.45) is -5.73. The molecule has 2 rings (SSSR count). The Kier molecular flexibility index (Phi) is 4.88. The molecule has 0 heterocycles. The smallest absolute Gasteiger partial charge is 0.388 e. The van der Waals surface area contributed by atoms with Crippen molar-refractivity contribution < 1.29 is 22.7 Å². The van der Waals surface area contributed by atoms with Gasteiger partial charge in [0.05, 0.1) is 11.7 Å². The van der Waals surface area contributed by atoms with Crippen LogP contribution in [-0.4, -0.2) is 5.11 Å². The monoisotopic (exact) mass is 410 g/mol. The second-order valence-electron chi connectivity index (χ2n) is 4.58. The Morgan fingerprint density at radius 2 is 1.67 bits per heavy atom. The molecule has 0 aliphatic carbocycles. The number of hydrogen-bond donors (Lipinski definition) is 1. The van der Waals surface area contributed by atoms with Gasteiger partial charge in [-0.2, -0.15) is 13.2 Å². The van der Waals surface area contributed by atoms with Crippen molar-refractivity contribution in [1.29, 1.82) is 0 Å². The Balaban J connectivity index is 2.23. The normalized spacial score (nSPS) is 13.2. The van der Waals surface area contributed by atoms with E-state index in [2.05, 4.69) is 22.6 Å². The van der Waals surface area contributed by atoms with Crippen LogP contribution in [0.1, 0.15) is 22.8 Å². The van der Waals surface area contributed by atoms with Crippen molar-refractivity contribution in [2.45, 2.75) is 18.7 Å². The predicted octanol–water partition coefficient (Wildman–Crippen LogP) is 4.73. The summed E-state index contributed by atoms with van der Waals surface area (Å²) in [4.78, 5) is 0. The van der Waals surface area contributed by atoms with Gasteiger partial charge >= 0.3 is 6.18 Å². The molecule has 0 bridgehead atoms. The lowest BCUT2D eigenvalue weighted by Gasteiger charge is -2.14. The third-order valence-electron chi connectivity index (χ3n) is 3.02. The zero-order chi connectivity index (χ0) is 15.6. The molecule has 1 atom stereocenters. The molecule has 112 valence electrons. The topological polar surface area (TPSA) is 20.2 Å². The molecule has 2 aromatic carbocycles. The lowest BCUT2D eigenvalue weighted by molar-refractivity contribution is -0.140. The fraction of sp³-hybridized carbons (Fsp3) is 0.200. The number of halogens is 5. The molecule has 0 saturated heterocycles. The first-order chi connectivity index (χ1) is 9.77. The molecule has 2 aromatic rings. The van der Waals surface area contributed by atoms with Crippen LogP contribution in [0.15, 0.2) is 42.5 Å². The highest BCUT2D eigenvalue weighted by Gasteiger charge is 2.34. The number of benzene rings is 2. The minimum atomic E-state index is -4.78. The maximum Gasteiger partial charge on any atom is 0.419 e. The highest BCUT2D eigenvalue weighted by molar-refractivity contribution is 14.1. The van der Waals surface area contributed by atoms with Crippen LogP contribution >= 0.6 is 22.6 Å². The number of rotatable bonds is 3. The molecule has 1 N–H and O–H groups in total. The van der Waals surface area contributed by atoms with Crippen LogP contribution in [0.5, 0.6) is 0 Å². The third-order valence-corrected chi connectivity index (χ3v) is 3.74. The zero-order valence-electron chi connectivity index (χ0n) is 10.7. The van der Waals surface area contributed by atoms with Gasteiger partial charge in [-0.25, -0.2) is 4.39 Å². The molecular formula is C15H11F4IO. The van der Waals surface area contributed by atoms with Crippen LogP contribution in [0, 0.1) is 9.39 Å². The standard InChI is InChI=1S/C15H11F4IO/c16-13-6-3-10(8-12(13)15(17,18)19)14(21)7-9-1-4-11(20)5-2-9/h1-6,8,14,21H,7H2. The van der Waals surface area contributed by atoms with Crippen molar-refractivity contribution in [2.75, 3.05) is 0 Å². The molecular weight excluding hydrogens is 399 g/mol. The Bertz CT molecular complexity index is 623. The van der Waals surface area contributed by atoms with Crippen molar-refractivity contribution in [3.8, 4) is 0 Å². The minimum Gasteiger partial charge on any atom is -0.388 e. The molecule has 21 heavy (non-hydrogen) atoms. The second kappa shape index (κ2) is 6.31. The predicted molar refractivity (Wildman–Crippen MR) is 79.2 cm³/mol. The highest BCUT2D eigenvalue weighted by Crippen LogP contribution is 2.33. The molecule has 0 radical (unpaired) electrons. The fourth-order valence-corrected chi connectivity index (χ4v) is 2.29. The summed E-state index contributed by atoms with van der Waals surface area (Å²) in [5.41, 5.74) is -0.523. The molecule has 0 amide bonds. The quantitative estimate of drug-likeness (QED) is 0.574. The maximum absolute atomic E-state index is 13.2. The molecule has 6 heteroatoms. The van der Waals surface area contributed by atoms with Gasteiger partial charge in [-0.15, -0.1) is 0 Å². The van der Waals surface area contributed by atoms with Crippen molar-refractivity contribution in [3.63, 3.8) is 0 Å². The molecule has 0 aliphatic rings. The van der Waals surface area contributed by atoms with Gasteiger partial charge in [0.15, 0.2) is 0 Å². The average Bonchev–Trinajstić information content (AvgIpc) is 2.40. The fourth-order valence-electron chi connectivity index (χ4n) is 1.93. The Morgan fingerprint density at radius 3 is 2.24 bits per heavy atom. The Hall–Kier alpha value is -1.15. The van der Waals surface area contributed by atoms with E-state index in [1.165, 1.54) is 6.07 Å². The van der Waals surface area contributed by atoms with E-state index >= 15 is 0 Å². The van der Waals surface area contributed by atoms with E-state index in [1.807, 2.05) is 12.1 Å². The van der Waals surface area contributed by atoms with Gasteiger partial charge in [-0.1, -0.05) is 18.2 Å². The SMILES string of the molecule is OC(Cc1ccc(I)cc1)c1ccc(F)c(C(F)(F)F)c1. The molecule has 1 unspecified atom stereocenters. The first kappa shape index (κ1) is 16.2. The number of alkyl halides is 3. The average molecular weight is 410 g/mol. The molecule has 0 aromatic heterocycles. The van der Waals surface area contributed by atoms with Crippen molar-refractivity contribution >= 4 is 22.6 Å². The lowest BCUT2D eigenvalue weighted by Crippen LogP contribution is -2.10. The molecule has 0 saturated carbocycles. The number of hydrogen-bond acceptors (Lipinski definition) is 1. The van der Waals surface area contributed by atoms with Crippen LogP contribution < -0.4 is 0 Å². The van der Waals surface area contributed by atoms with Gasteiger partial charge in [0.1, 0.15) is 5.82 Å². The van der Waals surface area contributed by atoms with Crippen LogP contribution in [0.3, 0.4) is 0 Å². The zero-order valence-corrected chi connectivity index (χ0v) is 12.8. The summed E-state index contributed by atoms with van der Waals surface area (Å²) in [5, 5.41) is 10.0. The molecule has 1 nitrogen and oxygen atoms in total. The van der Waals surface area contributed by atoms with Gasteiger partial charge in [0.25, 0.3) is 0 Å². The Morgan fingerprint density at radius 1 is 1.05 bits per heavy atom. The number of aliphatic hydroxyl groups is 1. The van der Waals surface area contributed by atoms with E-state index < -0.39 is 23.7 Å². The van der Waals surface area contributed by atoms with E-state index in [4.69, 9.17) is 0 Å². The van der Waals surface area contributed by atoms with Crippen LogP contribution in [0.25, 0.3) is 0 Å². The van der Waals surface area contributed by atoms with Crippen LogP contribution in [0.4, 0.5) is 17.6 Å². The van der Waals surface area contributed by atoms with Gasteiger partial charge in [-0.05, 0) is 58.0 Å². The van der Waals surface area contributed by atoms with E-state index in [0.717, 1.165) is 15.2 Å². The minimum absolute atomic E-state index is 0.0438. The van der Waals surface area contributed by atoms with Crippen LogP contribution in [0.2, 0.25) is 0 Å². The van der Waals surface area contributed by atoms with E-state index in [0.29, 0.717) is 6.07 Å². The second-order valence-corrected chi connectivity index (χ2v) is 5.83. The largest absolute Gasteiger partial charge is 0.419 e. The van der Waals surface area contributed by atoms with Gasteiger partial charge < -0.3 is 5.11 Å². The summed E-state index contributed by atoms with van der Waals surface area (Å²) < 4.78 is 52.1. The number of aliphatic hydroxyl groups excluding tert-OH is 1. The van der Waals surface area contributed by atoms with Gasteiger partial charge in [0.2, 0.25) is 0 Å². The van der Waals surface area contributed by atoms with Crippen molar-refractivity contribution in [1.82, 2.24) is 0 Å². The van der Waals surface area contributed by atoms with E-state index in [1.54, 1.807) is 12.1 Å². The summed E-state index contributed by atoms with van der Waals surface area (Å²) >= 11 is 2.13. The van der Waals surface area contributed by atoms with E-state index in [9.17, 15) is 22.7 Å². The summed E-state index contributed by atoms with van der Waals surface area (Å²) in [5.74, 6) is -1.34. The van der Waals surface area contributed by atoms with Crippen molar-refractivity contribution in [2.24, 2.45) is 0 Å². The lowest BCUT2D eigenvalue weighted by atomic mass is 9.99. The van der Waals surface area contributed by atoms with Crippen LogP contribution in [-0.2, 0) is 12.6 Å². The molecule has 0 spiro atoms.